The predicted molar refractivity (Wildman–Crippen MR) is 66.4 cm³/mol. The van der Waals surface area contributed by atoms with Crippen LogP contribution in [0.15, 0.2) is 18.2 Å². The third-order valence-electron chi connectivity index (χ3n) is 3.38. The van der Waals surface area contributed by atoms with Crippen molar-refractivity contribution in [3.8, 4) is 5.75 Å². The van der Waals surface area contributed by atoms with Gasteiger partial charge >= 0.3 is 0 Å². The Labute approximate surface area is 102 Å². The molecule has 94 valence electrons. The van der Waals surface area contributed by atoms with Crippen molar-refractivity contribution in [2.75, 3.05) is 20.3 Å². The van der Waals surface area contributed by atoms with Gasteiger partial charge in [-0.1, -0.05) is 17.7 Å². The highest BCUT2D eigenvalue weighted by molar-refractivity contribution is 5.37. The average Bonchev–Trinajstić information content (AvgIpc) is 2.29. The van der Waals surface area contributed by atoms with Crippen LogP contribution in [0, 0.1) is 6.92 Å². The summed E-state index contributed by atoms with van der Waals surface area (Å²) < 4.78 is 10.6. The van der Waals surface area contributed by atoms with Gasteiger partial charge < -0.3 is 14.6 Å². The van der Waals surface area contributed by atoms with Crippen LogP contribution in [0.25, 0.3) is 0 Å². The summed E-state index contributed by atoms with van der Waals surface area (Å²) in [6.45, 7) is 3.34. The topological polar surface area (TPSA) is 38.7 Å². The molecule has 0 aromatic heterocycles. The molecule has 3 heteroatoms. The number of hydrogen-bond donors (Lipinski definition) is 1. The molecule has 0 aliphatic carbocycles. The zero-order valence-electron chi connectivity index (χ0n) is 10.5. The van der Waals surface area contributed by atoms with Crippen molar-refractivity contribution in [1.29, 1.82) is 0 Å². The lowest BCUT2D eigenvalue weighted by Gasteiger charge is -2.32. The van der Waals surface area contributed by atoms with Crippen molar-refractivity contribution >= 4 is 0 Å². The molecule has 0 amide bonds. The van der Waals surface area contributed by atoms with Crippen LogP contribution in [0.2, 0.25) is 0 Å². The minimum atomic E-state index is -0.640. The molecule has 2 rings (SSSR count). The SMILES string of the molecule is COc1ccc(C)cc1CC1(O)CCOCC1. The van der Waals surface area contributed by atoms with Gasteiger partial charge in [0, 0.05) is 19.6 Å². The molecule has 1 fully saturated rings. The summed E-state index contributed by atoms with van der Waals surface area (Å²) in [4.78, 5) is 0. The summed E-state index contributed by atoms with van der Waals surface area (Å²) in [5.74, 6) is 0.857. The fourth-order valence-electron chi connectivity index (χ4n) is 2.33. The van der Waals surface area contributed by atoms with Gasteiger partial charge in [0.25, 0.3) is 0 Å². The Morgan fingerprint density at radius 3 is 2.71 bits per heavy atom. The minimum Gasteiger partial charge on any atom is -0.496 e. The van der Waals surface area contributed by atoms with E-state index in [-0.39, 0.29) is 0 Å². The quantitative estimate of drug-likeness (QED) is 0.873. The van der Waals surface area contributed by atoms with Gasteiger partial charge in [0.1, 0.15) is 5.75 Å². The monoisotopic (exact) mass is 236 g/mol. The van der Waals surface area contributed by atoms with Gasteiger partial charge in [0.2, 0.25) is 0 Å². The Balaban J connectivity index is 2.19. The van der Waals surface area contributed by atoms with E-state index in [1.54, 1.807) is 7.11 Å². The highest BCUT2D eigenvalue weighted by Crippen LogP contribution is 2.29. The predicted octanol–water partition coefficient (Wildman–Crippen LogP) is 2.09. The molecule has 0 bridgehead atoms. The molecular weight excluding hydrogens is 216 g/mol. The van der Waals surface area contributed by atoms with Crippen LogP contribution in [0.1, 0.15) is 24.0 Å². The fourth-order valence-corrected chi connectivity index (χ4v) is 2.33. The number of methoxy groups -OCH3 is 1. The Hall–Kier alpha value is -1.06. The molecule has 1 aromatic carbocycles. The van der Waals surface area contributed by atoms with Crippen LogP contribution in [-0.2, 0) is 11.2 Å². The lowest BCUT2D eigenvalue weighted by molar-refractivity contribution is -0.0628. The maximum Gasteiger partial charge on any atom is 0.122 e. The van der Waals surface area contributed by atoms with Crippen molar-refractivity contribution in [2.45, 2.75) is 31.8 Å². The average molecular weight is 236 g/mol. The smallest absolute Gasteiger partial charge is 0.122 e. The molecule has 1 saturated heterocycles. The van der Waals surface area contributed by atoms with E-state index in [1.807, 2.05) is 12.1 Å². The molecule has 0 spiro atoms. The second-order valence-corrected chi connectivity index (χ2v) is 4.83. The number of ether oxygens (including phenoxy) is 2. The Morgan fingerprint density at radius 2 is 2.06 bits per heavy atom. The molecule has 1 aliphatic heterocycles. The van der Waals surface area contributed by atoms with E-state index in [0.717, 1.165) is 11.3 Å². The summed E-state index contributed by atoms with van der Waals surface area (Å²) in [5, 5.41) is 10.5. The number of benzene rings is 1. The Bertz CT molecular complexity index is 381. The zero-order chi connectivity index (χ0) is 12.3. The summed E-state index contributed by atoms with van der Waals surface area (Å²) in [6.07, 6.45) is 2.04. The van der Waals surface area contributed by atoms with Gasteiger partial charge in [0.15, 0.2) is 0 Å². The maximum absolute atomic E-state index is 10.5. The van der Waals surface area contributed by atoms with Crippen molar-refractivity contribution < 1.29 is 14.6 Å². The highest BCUT2D eigenvalue weighted by Gasteiger charge is 2.30. The lowest BCUT2D eigenvalue weighted by Crippen LogP contribution is -2.38. The van der Waals surface area contributed by atoms with Crippen molar-refractivity contribution in [2.24, 2.45) is 0 Å². The van der Waals surface area contributed by atoms with Crippen molar-refractivity contribution in [1.82, 2.24) is 0 Å². The fraction of sp³-hybridized carbons (Fsp3) is 0.571. The van der Waals surface area contributed by atoms with Gasteiger partial charge in [-0.05, 0) is 31.4 Å². The number of aryl methyl sites for hydroxylation is 1. The van der Waals surface area contributed by atoms with Crippen LogP contribution in [0.5, 0.6) is 5.75 Å². The van der Waals surface area contributed by atoms with E-state index < -0.39 is 5.60 Å². The van der Waals surface area contributed by atoms with Crippen molar-refractivity contribution in [3.05, 3.63) is 29.3 Å². The molecule has 17 heavy (non-hydrogen) atoms. The van der Waals surface area contributed by atoms with E-state index in [1.165, 1.54) is 5.56 Å². The molecule has 1 N–H and O–H groups in total. The third-order valence-corrected chi connectivity index (χ3v) is 3.38. The van der Waals surface area contributed by atoms with Crippen LogP contribution in [0.3, 0.4) is 0 Å². The summed E-state index contributed by atoms with van der Waals surface area (Å²) in [6, 6.07) is 6.08. The van der Waals surface area contributed by atoms with Gasteiger partial charge in [-0.25, -0.2) is 0 Å². The summed E-state index contributed by atoms with van der Waals surface area (Å²) in [5.41, 5.74) is 1.63. The van der Waals surface area contributed by atoms with Crippen LogP contribution in [0.4, 0.5) is 0 Å². The van der Waals surface area contributed by atoms with Crippen LogP contribution >= 0.6 is 0 Å². The standard InChI is InChI=1S/C14H20O3/c1-11-3-4-13(16-2)12(9-11)10-14(15)5-7-17-8-6-14/h3-4,9,15H,5-8,10H2,1-2H3. The first-order chi connectivity index (χ1) is 8.13. The normalized spacial score (nSPS) is 19.0. The molecule has 0 radical (unpaired) electrons. The van der Waals surface area contributed by atoms with Gasteiger partial charge in [-0.15, -0.1) is 0 Å². The molecule has 1 aromatic rings. The number of aliphatic hydroxyl groups is 1. The molecular formula is C14H20O3. The van der Waals surface area contributed by atoms with E-state index in [9.17, 15) is 5.11 Å². The third kappa shape index (κ3) is 2.99. The highest BCUT2D eigenvalue weighted by atomic mass is 16.5. The van der Waals surface area contributed by atoms with Gasteiger partial charge in [0.05, 0.1) is 12.7 Å². The first-order valence-corrected chi connectivity index (χ1v) is 6.07. The van der Waals surface area contributed by atoms with E-state index in [0.29, 0.717) is 32.5 Å². The van der Waals surface area contributed by atoms with Gasteiger partial charge in [-0.2, -0.15) is 0 Å². The lowest BCUT2D eigenvalue weighted by atomic mass is 9.86. The molecule has 0 atom stereocenters. The van der Waals surface area contributed by atoms with Crippen LogP contribution < -0.4 is 4.74 Å². The molecule has 0 unspecified atom stereocenters. The van der Waals surface area contributed by atoms with Crippen LogP contribution in [-0.4, -0.2) is 31.0 Å². The molecule has 1 aliphatic rings. The van der Waals surface area contributed by atoms with E-state index in [4.69, 9.17) is 9.47 Å². The Morgan fingerprint density at radius 1 is 1.35 bits per heavy atom. The molecule has 3 nitrogen and oxygen atoms in total. The van der Waals surface area contributed by atoms with Gasteiger partial charge in [-0.3, -0.25) is 0 Å². The summed E-state index contributed by atoms with van der Waals surface area (Å²) in [7, 11) is 1.67. The van der Waals surface area contributed by atoms with Crippen molar-refractivity contribution in [3.63, 3.8) is 0 Å². The van der Waals surface area contributed by atoms with E-state index >= 15 is 0 Å². The Kier molecular flexibility index (Phi) is 3.69. The number of rotatable bonds is 3. The number of hydrogen-bond acceptors (Lipinski definition) is 3. The first kappa shape index (κ1) is 12.4. The second kappa shape index (κ2) is 5.07. The molecule has 0 saturated carbocycles. The van der Waals surface area contributed by atoms with E-state index in [2.05, 4.69) is 13.0 Å². The maximum atomic E-state index is 10.5. The summed E-state index contributed by atoms with van der Waals surface area (Å²) >= 11 is 0. The largest absolute Gasteiger partial charge is 0.496 e. The zero-order valence-corrected chi connectivity index (χ0v) is 10.5. The minimum absolute atomic E-state index is 0.640. The molecule has 1 heterocycles. The second-order valence-electron chi connectivity index (χ2n) is 4.83. The first-order valence-electron chi connectivity index (χ1n) is 6.07.